The van der Waals surface area contributed by atoms with Crippen molar-refractivity contribution in [3.8, 4) is 0 Å². The highest BCUT2D eigenvalue weighted by molar-refractivity contribution is 5.77. The van der Waals surface area contributed by atoms with Gasteiger partial charge in [-0.3, -0.25) is 4.79 Å². The van der Waals surface area contributed by atoms with Crippen molar-refractivity contribution in [1.82, 2.24) is 10.2 Å². The van der Waals surface area contributed by atoms with Crippen LogP contribution in [0.4, 0.5) is 0 Å². The molecule has 0 aliphatic carbocycles. The molecule has 1 aliphatic heterocycles. The van der Waals surface area contributed by atoms with Crippen LogP contribution in [0.3, 0.4) is 0 Å². The third kappa shape index (κ3) is 4.33. The monoisotopic (exact) mass is 302 g/mol. The molecule has 0 aromatic heterocycles. The minimum atomic E-state index is 0.308. The predicted molar refractivity (Wildman–Crippen MR) is 91.9 cm³/mol. The Morgan fingerprint density at radius 2 is 2.05 bits per heavy atom. The number of rotatable bonds is 7. The Balaban J connectivity index is 2.08. The fourth-order valence-electron chi connectivity index (χ4n) is 3.40. The second kappa shape index (κ2) is 8.33. The molecule has 122 valence electrons. The molecule has 1 aliphatic rings. The van der Waals surface area contributed by atoms with Crippen molar-refractivity contribution in [1.29, 1.82) is 0 Å². The standard InChI is InChI=1S/C19H30N2O/c1-4-12-21(17-10-11-20-14-17)19(22)13-18(15(2)3)16-8-6-5-7-9-16/h5-9,15,17-18,20H,4,10-14H2,1-3H3. The summed E-state index contributed by atoms with van der Waals surface area (Å²) >= 11 is 0. The fraction of sp³-hybridized carbons (Fsp3) is 0.632. The molecule has 3 nitrogen and oxygen atoms in total. The van der Waals surface area contributed by atoms with Crippen LogP contribution in [0, 0.1) is 5.92 Å². The van der Waals surface area contributed by atoms with E-state index in [0.29, 0.717) is 30.2 Å². The van der Waals surface area contributed by atoms with Crippen LogP contribution in [0.15, 0.2) is 30.3 Å². The highest BCUT2D eigenvalue weighted by atomic mass is 16.2. The Kier molecular flexibility index (Phi) is 6.44. The topological polar surface area (TPSA) is 32.3 Å². The summed E-state index contributed by atoms with van der Waals surface area (Å²) in [6.45, 7) is 9.44. The van der Waals surface area contributed by atoms with Crippen LogP contribution in [0.5, 0.6) is 0 Å². The third-order valence-corrected chi connectivity index (χ3v) is 4.69. The lowest BCUT2D eigenvalue weighted by molar-refractivity contribution is -0.133. The average Bonchev–Trinajstić information content (AvgIpc) is 3.04. The van der Waals surface area contributed by atoms with Gasteiger partial charge in [0.25, 0.3) is 0 Å². The summed E-state index contributed by atoms with van der Waals surface area (Å²) in [6.07, 6.45) is 2.74. The van der Waals surface area contributed by atoms with Gasteiger partial charge in [0.05, 0.1) is 0 Å². The highest BCUT2D eigenvalue weighted by Gasteiger charge is 2.28. The molecule has 2 unspecified atom stereocenters. The van der Waals surface area contributed by atoms with Crippen LogP contribution in [0.1, 0.15) is 51.5 Å². The predicted octanol–water partition coefficient (Wildman–Crippen LogP) is 3.42. The maximum Gasteiger partial charge on any atom is 0.223 e. The molecule has 0 spiro atoms. The van der Waals surface area contributed by atoms with Gasteiger partial charge >= 0.3 is 0 Å². The lowest BCUT2D eigenvalue weighted by Crippen LogP contribution is -2.42. The van der Waals surface area contributed by atoms with Gasteiger partial charge in [-0.05, 0) is 36.8 Å². The highest BCUT2D eigenvalue weighted by Crippen LogP contribution is 2.29. The van der Waals surface area contributed by atoms with Crippen LogP contribution in [0.25, 0.3) is 0 Å². The summed E-state index contributed by atoms with van der Waals surface area (Å²) in [4.78, 5) is 15.0. The number of nitrogens with one attached hydrogen (secondary N) is 1. The zero-order valence-corrected chi connectivity index (χ0v) is 14.2. The number of hydrogen-bond acceptors (Lipinski definition) is 2. The van der Waals surface area contributed by atoms with Gasteiger partial charge in [-0.25, -0.2) is 0 Å². The van der Waals surface area contributed by atoms with Crippen molar-refractivity contribution in [2.24, 2.45) is 5.92 Å². The summed E-state index contributed by atoms with van der Waals surface area (Å²) in [5.74, 6) is 1.09. The van der Waals surface area contributed by atoms with Crippen LogP contribution >= 0.6 is 0 Å². The van der Waals surface area contributed by atoms with E-state index in [1.165, 1.54) is 5.56 Å². The normalized spacial score (nSPS) is 19.4. The Bertz CT molecular complexity index is 452. The number of nitrogens with zero attached hydrogens (tertiary/aromatic N) is 1. The van der Waals surface area contributed by atoms with E-state index in [1.54, 1.807) is 0 Å². The quantitative estimate of drug-likeness (QED) is 0.837. The summed E-state index contributed by atoms with van der Waals surface area (Å²) in [5.41, 5.74) is 1.28. The number of amides is 1. The Hall–Kier alpha value is -1.35. The van der Waals surface area contributed by atoms with Crippen molar-refractivity contribution in [2.75, 3.05) is 19.6 Å². The van der Waals surface area contributed by atoms with Gasteiger partial charge in [0, 0.05) is 25.6 Å². The molecule has 0 saturated carbocycles. The second-order valence-corrected chi connectivity index (χ2v) is 6.70. The molecule has 1 fully saturated rings. The first-order valence-corrected chi connectivity index (χ1v) is 8.68. The van der Waals surface area contributed by atoms with Gasteiger partial charge in [-0.15, -0.1) is 0 Å². The molecular formula is C19H30N2O. The zero-order chi connectivity index (χ0) is 15.9. The van der Waals surface area contributed by atoms with Gasteiger partial charge in [-0.1, -0.05) is 51.1 Å². The van der Waals surface area contributed by atoms with E-state index >= 15 is 0 Å². The van der Waals surface area contributed by atoms with Gasteiger partial charge < -0.3 is 10.2 Å². The van der Waals surface area contributed by atoms with Crippen molar-refractivity contribution in [3.05, 3.63) is 35.9 Å². The molecule has 0 bridgehead atoms. The molecule has 1 aromatic rings. The molecule has 1 amide bonds. The van der Waals surface area contributed by atoms with Crippen molar-refractivity contribution in [3.63, 3.8) is 0 Å². The molecule has 3 heteroatoms. The second-order valence-electron chi connectivity index (χ2n) is 6.70. The minimum absolute atomic E-state index is 0.308. The SMILES string of the molecule is CCCN(C(=O)CC(c1ccccc1)C(C)C)C1CCNC1. The summed E-state index contributed by atoms with van der Waals surface area (Å²) in [7, 11) is 0. The average molecular weight is 302 g/mol. The molecule has 22 heavy (non-hydrogen) atoms. The minimum Gasteiger partial charge on any atom is -0.338 e. The van der Waals surface area contributed by atoms with Crippen molar-refractivity contribution >= 4 is 5.91 Å². The Morgan fingerprint density at radius 1 is 1.32 bits per heavy atom. The number of carbonyl (C=O) groups excluding carboxylic acids is 1. The molecule has 2 atom stereocenters. The maximum atomic E-state index is 12.9. The lowest BCUT2D eigenvalue weighted by atomic mass is 9.85. The summed E-state index contributed by atoms with van der Waals surface area (Å²) in [6, 6.07) is 10.9. The molecule has 0 radical (unpaired) electrons. The van der Waals surface area contributed by atoms with E-state index in [2.05, 4.69) is 55.3 Å². The van der Waals surface area contributed by atoms with E-state index < -0.39 is 0 Å². The van der Waals surface area contributed by atoms with Crippen molar-refractivity contribution in [2.45, 2.75) is 52.0 Å². The third-order valence-electron chi connectivity index (χ3n) is 4.69. The van der Waals surface area contributed by atoms with E-state index in [-0.39, 0.29) is 0 Å². The first kappa shape index (κ1) is 17.0. The molecule has 2 rings (SSSR count). The largest absolute Gasteiger partial charge is 0.338 e. The van der Waals surface area contributed by atoms with Gasteiger partial charge in [0.2, 0.25) is 5.91 Å². The number of benzene rings is 1. The van der Waals surface area contributed by atoms with Gasteiger partial charge in [-0.2, -0.15) is 0 Å². The number of carbonyl (C=O) groups is 1. The Morgan fingerprint density at radius 3 is 2.59 bits per heavy atom. The van der Waals surface area contributed by atoms with E-state index in [0.717, 1.165) is 32.5 Å². The molecule has 1 saturated heterocycles. The van der Waals surface area contributed by atoms with Crippen LogP contribution < -0.4 is 5.32 Å². The Labute approximate surface area is 135 Å². The zero-order valence-electron chi connectivity index (χ0n) is 14.2. The lowest BCUT2D eigenvalue weighted by Gasteiger charge is -2.31. The van der Waals surface area contributed by atoms with Crippen molar-refractivity contribution < 1.29 is 4.79 Å². The van der Waals surface area contributed by atoms with Gasteiger partial charge in [0.1, 0.15) is 0 Å². The summed E-state index contributed by atoms with van der Waals surface area (Å²) < 4.78 is 0. The van der Waals surface area contributed by atoms with E-state index in [1.807, 2.05) is 6.07 Å². The van der Waals surface area contributed by atoms with Gasteiger partial charge in [0.15, 0.2) is 0 Å². The fourth-order valence-corrected chi connectivity index (χ4v) is 3.40. The smallest absolute Gasteiger partial charge is 0.223 e. The van der Waals surface area contributed by atoms with E-state index in [9.17, 15) is 4.79 Å². The van der Waals surface area contributed by atoms with Crippen LogP contribution in [0.2, 0.25) is 0 Å². The molecule has 1 heterocycles. The van der Waals surface area contributed by atoms with Crippen LogP contribution in [-0.2, 0) is 4.79 Å². The van der Waals surface area contributed by atoms with Crippen LogP contribution in [-0.4, -0.2) is 36.5 Å². The van der Waals surface area contributed by atoms with E-state index in [4.69, 9.17) is 0 Å². The first-order chi connectivity index (χ1) is 10.6. The molecule has 1 N–H and O–H groups in total. The molecule has 1 aromatic carbocycles. The molecular weight excluding hydrogens is 272 g/mol. The number of hydrogen-bond donors (Lipinski definition) is 1. The maximum absolute atomic E-state index is 12.9. The summed E-state index contributed by atoms with van der Waals surface area (Å²) in [5, 5.41) is 3.38. The first-order valence-electron chi connectivity index (χ1n) is 8.68.